The third kappa shape index (κ3) is 4.62. The van der Waals surface area contributed by atoms with Gasteiger partial charge < -0.3 is 10.2 Å². The van der Waals surface area contributed by atoms with Crippen LogP contribution in [0.4, 0.5) is 11.4 Å². The van der Waals surface area contributed by atoms with Crippen molar-refractivity contribution in [3.05, 3.63) is 53.6 Å². The molecule has 0 aromatic heterocycles. The van der Waals surface area contributed by atoms with Gasteiger partial charge in [-0.05, 0) is 50.1 Å². The van der Waals surface area contributed by atoms with Crippen molar-refractivity contribution in [2.24, 2.45) is 0 Å². The second-order valence-electron chi connectivity index (χ2n) is 7.29. The zero-order chi connectivity index (χ0) is 21.0. The highest BCUT2D eigenvalue weighted by Gasteiger charge is 2.25. The van der Waals surface area contributed by atoms with Crippen LogP contribution in [0.3, 0.4) is 0 Å². The van der Waals surface area contributed by atoms with E-state index in [4.69, 9.17) is 0 Å². The summed E-state index contributed by atoms with van der Waals surface area (Å²) in [5.74, 6) is -0.244. The van der Waals surface area contributed by atoms with Crippen molar-refractivity contribution in [1.29, 1.82) is 0 Å². The Morgan fingerprint density at radius 2 is 1.76 bits per heavy atom. The molecule has 0 saturated carbocycles. The SMILES string of the molecule is CCN(CC)S(=O)(=O)c1ccc(N2CCCC2)c(NC(=O)c2cccc(C)c2)c1. The number of anilines is 2. The Hall–Kier alpha value is -2.38. The summed E-state index contributed by atoms with van der Waals surface area (Å²) in [5.41, 5.74) is 2.94. The lowest BCUT2D eigenvalue weighted by molar-refractivity contribution is 0.102. The number of nitrogens with zero attached hydrogens (tertiary/aromatic N) is 2. The van der Waals surface area contributed by atoms with E-state index in [0.29, 0.717) is 24.3 Å². The lowest BCUT2D eigenvalue weighted by atomic mass is 10.1. The Labute approximate surface area is 173 Å². The molecule has 1 aliphatic heterocycles. The molecule has 1 heterocycles. The fraction of sp³-hybridized carbons (Fsp3) is 0.409. The highest BCUT2D eigenvalue weighted by atomic mass is 32.2. The standard InChI is InChI=1S/C22H29N3O3S/c1-4-25(5-2)29(27,28)19-11-12-21(24-13-6-7-14-24)20(16-19)23-22(26)18-10-8-9-17(3)15-18/h8-12,15-16H,4-7,13-14H2,1-3H3,(H,23,26). The number of sulfonamides is 1. The molecule has 1 aliphatic rings. The van der Waals surface area contributed by atoms with Crippen LogP contribution in [0.2, 0.25) is 0 Å². The van der Waals surface area contributed by atoms with Crippen LogP contribution in [-0.2, 0) is 10.0 Å². The second-order valence-corrected chi connectivity index (χ2v) is 9.22. The average molecular weight is 416 g/mol. The molecule has 0 aliphatic carbocycles. The van der Waals surface area contributed by atoms with Gasteiger partial charge in [0.25, 0.3) is 5.91 Å². The molecular formula is C22H29N3O3S. The molecule has 0 atom stereocenters. The lowest BCUT2D eigenvalue weighted by Crippen LogP contribution is -2.31. The third-order valence-corrected chi connectivity index (χ3v) is 7.33. The summed E-state index contributed by atoms with van der Waals surface area (Å²) in [6.07, 6.45) is 2.18. The molecule has 156 valence electrons. The summed E-state index contributed by atoms with van der Waals surface area (Å²) < 4.78 is 27.4. The minimum atomic E-state index is -3.61. The Bertz CT molecular complexity index is 979. The molecule has 1 saturated heterocycles. The van der Waals surface area contributed by atoms with E-state index in [2.05, 4.69) is 10.2 Å². The van der Waals surface area contributed by atoms with Gasteiger partial charge in [-0.15, -0.1) is 0 Å². The molecule has 3 rings (SSSR count). The minimum absolute atomic E-state index is 0.198. The predicted octanol–water partition coefficient (Wildman–Crippen LogP) is 3.88. The van der Waals surface area contributed by atoms with Crippen LogP contribution >= 0.6 is 0 Å². The van der Waals surface area contributed by atoms with Crippen molar-refractivity contribution >= 4 is 27.3 Å². The van der Waals surface area contributed by atoms with E-state index < -0.39 is 10.0 Å². The number of aryl methyl sites for hydroxylation is 1. The van der Waals surface area contributed by atoms with Crippen LogP contribution in [-0.4, -0.2) is 44.8 Å². The van der Waals surface area contributed by atoms with E-state index >= 15 is 0 Å². The zero-order valence-electron chi connectivity index (χ0n) is 17.3. The van der Waals surface area contributed by atoms with Gasteiger partial charge in [-0.25, -0.2) is 8.42 Å². The quantitative estimate of drug-likeness (QED) is 0.745. The molecule has 0 bridgehead atoms. The maximum atomic E-state index is 13.0. The number of benzene rings is 2. The molecule has 29 heavy (non-hydrogen) atoms. The second kappa shape index (κ2) is 8.97. The molecular weight excluding hydrogens is 386 g/mol. The Kier molecular flexibility index (Phi) is 6.59. The number of carbonyl (C=O) groups is 1. The topological polar surface area (TPSA) is 69.7 Å². The van der Waals surface area contributed by atoms with Gasteiger partial charge in [-0.2, -0.15) is 4.31 Å². The van der Waals surface area contributed by atoms with Gasteiger partial charge in [0.1, 0.15) is 0 Å². The highest BCUT2D eigenvalue weighted by molar-refractivity contribution is 7.89. The average Bonchev–Trinajstić information content (AvgIpc) is 3.23. The molecule has 0 unspecified atom stereocenters. The van der Waals surface area contributed by atoms with Crippen LogP contribution in [0.25, 0.3) is 0 Å². The fourth-order valence-electron chi connectivity index (χ4n) is 3.70. The summed E-state index contributed by atoms with van der Waals surface area (Å²) in [6.45, 7) is 8.17. The Morgan fingerprint density at radius 3 is 2.38 bits per heavy atom. The van der Waals surface area contributed by atoms with Gasteiger partial charge in [-0.1, -0.05) is 31.5 Å². The van der Waals surface area contributed by atoms with E-state index in [1.807, 2.05) is 45.0 Å². The van der Waals surface area contributed by atoms with Crippen molar-refractivity contribution < 1.29 is 13.2 Å². The molecule has 0 spiro atoms. The molecule has 2 aromatic carbocycles. The van der Waals surface area contributed by atoms with E-state index in [1.165, 1.54) is 4.31 Å². The van der Waals surface area contributed by atoms with Crippen molar-refractivity contribution in [3.63, 3.8) is 0 Å². The number of hydrogen-bond acceptors (Lipinski definition) is 4. The van der Waals surface area contributed by atoms with Gasteiger partial charge in [0.2, 0.25) is 10.0 Å². The Balaban J connectivity index is 2.00. The number of amides is 1. The first-order chi connectivity index (χ1) is 13.9. The number of carbonyl (C=O) groups excluding carboxylic acids is 1. The molecule has 0 radical (unpaired) electrons. The maximum absolute atomic E-state index is 13.0. The first kappa shape index (κ1) is 21.3. The van der Waals surface area contributed by atoms with Crippen molar-refractivity contribution in [1.82, 2.24) is 4.31 Å². The first-order valence-electron chi connectivity index (χ1n) is 10.1. The van der Waals surface area contributed by atoms with Crippen molar-refractivity contribution in [3.8, 4) is 0 Å². The van der Waals surface area contributed by atoms with Gasteiger partial charge in [0.05, 0.1) is 16.3 Å². The maximum Gasteiger partial charge on any atom is 0.255 e. The van der Waals surface area contributed by atoms with Gasteiger partial charge >= 0.3 is 0 Å². The summed E-state index contributed by atoms with van der Waals surface area (Å²) in [5, 5.41) is 2.95. The molecule has 6 nitrogen and oxygen atoms in total. The first-order valence-corrected chi connectivity index (χ1v) is 11.6. The monoisotopic (exact) mass is 415 g/mol. The van der Waals surface area contributed by atoms with Gasteiger partial charge in [0.15, 0.2) is 0 Å². The van der Waals surface area contributed by atoms with E-state index in [9.17, 15) is 13.2 Å². The summed E-state index contributed by atoms with van der Waals surface area (Å²) in [7, 11) is -3.61. The molecule has 7 heteroatoms. The van der Waals surface area contributed by atoms with Crippen molar-refractivity contribution in [2.45, 2.75) is 38.5 Å². The lowest BCUT2D eigenvalue weighted by Gasteiger charge is -2.24. The van der Waals surface area contributed by atoms with Crippen LogP contribution in [0.15, 0.2) is 47.4 Å². The van der Waals surface area contributed by atoms with Crippen LogP contribution < -0.4 is 10.2 Å². The Morgan fingerprint density at radius 1 is 1.07 bits per heavy atom. The highest BCUT2D eigenvalue weighted by Crippen LogP contribution is 2.32. The predicted molar refractivity (Wildman–Crippen MR) is 117 cm³/mol. The normalized spacial score (nSPS) is 14.4. The third-order valence-electron chi connectivity index (χ3n) is 5.29. The molecule has 2 aromatic rings. The van der Waals surface area contributed by atoms with Crippen LogP contribution in [0.5, 0.6) is 0 Å². The van der Waals surface area contributed by atoms with Gasteiger partial charge in [0, 0.05) is 31.7 Å². The fourth-order valence-corrected chi connectivity index (χ4v) is 5.19. The van der Waals surface area contributed by atoms with E-state index in [0.717, 1.165) is 37.2 Å². The van der Waals surface area contributed by atoms with E-state index in [1.54, 1.807) is 18.2 Å². The zero-order valence-corrected chi connectivity index (χ0v) is 18.1. The van der Waals surface area contributed by atoms with Crippen LogP contribution in [0, 0.1) is 6.92 Å². The molecule has 1 N–H and O–H groups in total. The summed E-state index contributed by atoms with van der Waals surface area (Å²) >= 11 is 0. The van der Waals surface area contributed by atoms with E-state index in [-0.39, 0.29) is 10.8 Å². The summed E-state index contributed by atoms with van der Waals surface area (Å²) in [6, 6.07) is 12.4. The molecule has 1 amide bonds. The summed E-state index contributed by atoms with van der Waals surface area (Å²) in [4.78, 5) is 15.2. The number of nitrogens with one attached hydrogen (secondary N) is 1. The van der Waals surface area contributed by atoms with Crippen molar-refractivity contribution in [2.75, 3.05) is 36.4 Å². The number of hydrogen-bond donors (Lipinski definition) is 1. The minimum Gasteiger partial charge on any atom is -0.370 e. The smallest absolute Gasteiger partial charge is 0.255 e. The van der Waals surface area contributed by atoms with Gasteiger partial charge in [-0.3, -0.25) is 4.79 Å². The molecule has 1 fully saturated rings. The number of rotatable bonds is 7. The van der Waals surface area contributed by atoms with Crippen LogP contribution in [0.1, 0.15) is 42.6 Å². The largest absolute Gasteiger partial charge is 0.370 e.